The molecule has 0 saturated heterocycles. The number of benzene rings is 1. The highest BCUT2D eigenvalue weighted by Crippen LogP contribution is 2.03. The van der Waals surface area contributed by atoms with Gasteiger partial charge in [0.25, 0.3) is 0 Å². The third-order valence-electron chi connectivity index (χ3n) is 2.47. The Balaban J connectivity index is 2.14. The summed E-state index contributed by atoms with van der Waals surface area (Å²) >= 11 is 0. The summed E-state index contributed by atoms with van der Waals surface area (Å²) < 4.78 is 0. The second-order valence-corrected chi connectivity index (χ2v) is 3.94. The van der Waals surface area contributed by atoms with Crippen LogP contribution in [0.5, 0.6) is 0 Å². The molecule has 1 amide bonds. The molecule has 3 N–H and O–H groups in total. The Kier molecular flexibility index (Phi) is 6.29. The summed E-state index contributed by atoms with van der Waals surface area (Å²) in [5.41, 5.74) is 0.799. The van der Waals surface area contributed by atoms with E-state index in [1.54, 1.807) is 0 Å². The van der Waals surface area contributed by atoms with E-state index in [9.17, 15) is 9.90 Å². The van der Waals surface area contributed by atoms with Crippen molar-refractivity contribution in [2.75, 3.05) is 18.4 Å². The van der Waals surface area contributed by atoms with Crippen LogP contribution in [0.1, 0.15) is 19.8 Å². The molecule has 1 aromatic carbocycles. The quantitative estimate of drug-likeness (QED) is 0.627. The number of rotatable bonds is 7. The summed E-state index contributed by atoms with van der Waals surface area (Å²) in [6.07, 6.45) is 1.15. The van der Waals surface area contributed by atoms with E-state index in [4.69, 9.17) is 0 Å². The fraction of sp³-hybridized carbons (Fsp3) is 0.462. The molecule has 1 atom stereocenters. The molecule has 0 heterocycles. The second-order valence-electron chi connectivity index (χ2n) is 3.94. The minimum absolute atomic E-state index is 0.0674. The predicted molar refractivity (Wildman–Crippen MR) is 68.9 cm³/mol. The van der Waals surface area contributed by atoms with Gasteiger partial charge in [0.05, 0.1) is 12.6 Å². The summed E-state index contributed by atoms with van der Waals surface area (Å²) in [6, 6.07) is 9.35. The zero-order chi connectivity index (χ0) is 12.5. The first-order chi connectivity index (χ1) is 8.22. The topological polar surface area (TPSA) is 61.4 Å². The third kappa shape index (κ3) is 6.04. The molecule has 4 nitrogen and oxygen atoms in total. The van der Waals surface area contributed by atoms with Crippen LogP contribution in [-0.4, -0.2) is 30.2 Å². The number of hydrogen-bond acceptors (Lipinski definition) is 3. The maximum Gasteiger partial charge on any atom is 0.238 e. The number of aliphatic hydroxyl groups excluding tert-OH is 1. The molecule has 1 aromatic rings. The molecule has 0 aromatic heterocycles. The van der Waals surface area contributed by atoms with Gasteiger partial charge >= 0.3 is 0 Å². The first-order valence-electron chi connectivity index (χ1n) is 5.96. The summed E-state index contributed by atoms with van der Waals surface area (Å²) in [6.45, 7) is 2.86. The fourth-order valence-corrected chi connectivity index (χ4v) is 1.40. The molecule has 0 aliphatic rings. The van der Waals surface area contributed by atoms with Crippen molar-refractivity contribution in [3.05, 3.63) is 30.3 Å². The van der Waals surface area contributed by atoms with Gasteiger partial charge in [0.1, 0.15) is 0 Å². The van der Waals surface area contributed by atoms with E-state index in [0.29, 0.717) is 13.0 Å². The molecule has 1 unspecified atom stereocenters. The Hall–Kier alpha value is -1.39. The highest BCUT2D eigenvalue weighted by Gasteiger charge is 2.03. The van der Waals surface area contributed by atoms with Crippen molar-refractivity contribution in [1.29, 1.82) is 0 Å². The standard InChI is InChI=1S/C13H20N2O2/c1-2-12(16)8-9-14-10-13(17)15-11-6-4-3-5-7-11/h3-7,12,14,16H,2,8-10H2,1H3,(H,15,17). The zero-order valence-electron chi connectivity index (χ0n) is 10.1. The van der Waals surface area contributed by atoms with Crippen LogP contribution in [0.25, 0.3) is 0 Å². The van der Waals surface area contributed by atoms with Gasteiger partial charge in [-0.1, -0.05) is 25.1 Å². The number of aliphatic hydroxyl groups is 1. The van der Waals surface area contributed by atoms with Crippen molar-refractivity contribution in [3.63, 3.8) is 0 Å². The van der Waals surface area contributed by atoms with Crippen molar-refractivity contribution in [2.24, 2.45) is 0 Å². The van der Waals surface area contributed by atoms with Crippen molar-refractivity contribution >= 4 is 11.6 Å². The number of hydrogen-bond donors (Lipinski definition) is 3. The van der Waals surface area contributed by atoms with Crippen LogP contribution in [0.2, 0.25) is 0 Å². The first kappa shape index (κ1) is 13.7. The molecule has 17 heavy (non-hydrogen) atoms. The molecule has 4 heteroatoms. The van der Waals surface area contributed by atoms with Crippen LogP contribution >= 0.6 is 0 Å². The van der Waals surface area contributed by atoms with E-state index in [-0.39, 0.29) is 18.6 Å². The van der Waals surface area contributed by atoms with Crippen LogP contribution in [0.3, 0.4) is 0 Å². The van der Waals surface area contributed by atoms with E-state index < -0.39 is 0 Å². The molecule has 0 fully saturated rings. The van der Waals surface area contributed by atoms with Crippen molar-refractivity contribution in [2.45, 2.75) is 25.9 Å². The Bertz CT molecular complexity index is 327. The van der Waals surface area contributed by atoms with E-state index in [1.807, 2.05) is 37.3 Å². The number of nitrogens with one attached hydrogen (secondary N) is 2. The number of amides is 1. The fourth-order valence-electron chi connectivity index (χ4n) is 1.40. The minimum atomic E-state index is -0.278. The van der Waals surface area contributed by atoms with Crippen molar-refractivity contribution in [1.82, 2.24) is 5.32 Å². The monoisotopic (exact) mass is 236 g/mol. The van der Waals surface area contributed by atoms with Crippen LogP contribution in [0.4, 0.5) is 5.69 Å². The summed E-state index contributed by atoms with van der Waals surface area (Å²) in [5.74, 6) is -0.0674. The van der Waals surface area contributed by atoms with E-state index in [0.717, 1.165) is 12.1 Å². The average molecular weight is 236 g/mol. The lowest BCUT2D eigenvalue weighted by atomic mass is 10.2. The largest absolute Gasteiger partial charge is 0.393 e. The predicted octanol–water partition coefficient (Wildman–Crippen LogP) is 1.38. The second kappa shape index (κ2) is 7.81. The van der Waals surface area contributed by atoms with Crippen molar-refractivity contribution in [3.8, 4) is 0 Å². The summed E-state index contributed by atoms with van der Waals surface area (Å²) in [7, 11) is 0. The van der Waals surface area contributed by atoms with E-state index >= 15 is 0 Å². The van der Waals surface area contributed by atoms with Crippen LogP contribution < -0.4 is 10.6 Å². The molecule has 0 aliphatic heterocycles. The lowest BCUT2D eigenvalue weighted by Gasteiger charge is -2.09. The minimum Gasteiger partial charge on any atom is -0.393 e. The Morgan fingerprint density at radius 1 is 1.35 bits per heavy atom. The van der Waals surface area contributed by atoms with Gasteiger partial charge < -0.3 is 15.7 Å². The molecule has 0 aliphatic carbocycles. The van der Waals surface area contributed by atoms with Crippen molar-refractivity contribution < 1.29 is 9.90 Å². The number of carbonyl (C=O) groups is 1. The Labute approximate surface area is 102 Å². The molecular weight excluding hydrogens is 216 g/mol. The van der Waals surface area contributed by atoms with E-state index in [2.05, 4.69) is 10.6 Å². The van der Waals surface area contributed by atoms with Gasteiger partial charge in [-0.05, 0) is 31.5 Å². The maximum atomic E-state index is 11.5. The molecular formula is C13H20N2O2. The number of carbonyl (C=O) groups excluding carboxylic acids is 1. The summed E-state index contributed by atoms with van der Waals surface area (Å²) in [4.78, 5) is 11.5. The molecule has 0 radical (unpaired) electrons. The Morgan fingerprint density at radius 3 is 2.71 bits per heavy atom. The zero-order valence-corrected chi connectivity index (χ0v) is 10.1. The van der Waals surface area contributed by atoms with Crippen LogP contribution in [0.15, 0.2) is 30.3 Å². The van der Waals surface area contributed by atoms with Gasteiger partial charge in [-0.25, -0.2) is 0 Å². The van der Waals surface area contributed by atoms with Gasteiger partial charge in [-0.2, -0.15) is 0 Å². The van der Waals surface area contributed by atoms with E-state index in [1.165, 1.54) is 0 Å². The first-order valence-corrected chi connectivity index (χ1v) is 5.96. The molecule has 94 valence electrons. The molecule has 1 rings (SSSR count). The molecule has 0 bridgehead atoms. The van der Waals surface area contributed by atoms with Gasteiger partial charge in [-0.15, -0.1) is 0 Å². The maximum absolute atomic E-state index is 11.5. The average Bonchev–Trinajstić information content (AvgIpc) is 2.35. The lowest BCUT2D eigenvalue weighted by Crippen LogP contribution is -2.30. The normalized spacial score (nSPS) is 12.1. The van der Waals surface area contributed by atoms with Gasteiger partial charge in [0, 0.05) is 5.69 Å². The van der Waals surface area contributed by atoms with Crippen LogP contribution in [-0.2, 0) is 4.79 Å². The SMILES string of the molecule is CCC(O)CCNCC(=O)Nc1ccccc1. The molecule has 0 saturated carbocycles. The number of anilines is 1. The smallest absolute Gasteiger partial charge is 0.238 e. The highest BCUT2D eigenvalue weighted by atomic mass is 16.3. The van der Waals surface area contributed by atoms with Crippen LogP contribution in [0, 0.1) is 0 Å². The number of para-hydroxylation sites is 1. The van der Waals surface area contributed by atoms with Gasteiger partial charge in [0.2, 0.25) is 5.91 Å². The third-order valence-corrected chi connectivity index (χ3v) is 2.47. The van der Waals surface area contributed by atoms with Gasteiger partial charge in [0.15, 0.2) is 0 Å². The lowest BCUT2D eigenvalue weighted by molar-refractivity contribution is -0.115. The Morgan fingerprint density at radius 2 is 2.06 bits per heavy atom. The van der Waals surface area contributed by atoms with Gasteiger partial charge in [-0.3, -0.25) is 4.79 Å². The highest BCUT2D eigenvalue weighted by molar-refractivity contribution is 5.92. The summed E-state index contributed by atoms with van der Waals surface area (Å²) in [5, 5.41) is 15.1. The molecule has 0 spiro atoms.